The fourth-order valence-electron chi connectivity index (χ4n) is 1.92. The normalized spacial score (nSPS) is 12.8. The molecule has 1 aromatic rings. The van der Waals surface area contributed by atoms with E-state index >= 15 is 0 Å². The number of nitrogens with one attached hydrogen (secondary N) is 1. The second kappa shape index (κ2) is 6.54. The van der Waals surface area contributed by atoms with Crippen LogP contribution in [-0.2, 0) is 4.79 Å². The molecule has 1 aromatic heterocycles. The van der Waals surface area contributed by atoms with Crippen LogP contribution in [0, 0.1) is 18.3 Å². The van der Waals surface area contributed by atoms with Crippen LogP contribution < -0.4 is 10.1 Å². The number of hydrogen-bond donors (Lipinski definition) is 2. The summed E-state index contributed by atoms with van der Waals surface area (Å²) in [4.78, 5) is 19.6. The Balaban J connectivity index is 2.72. The molecule has 0 aromatic carbocycles. The molecular weight excluding hydrogens is 258 g/mol. The van der Waals surface area contributed by atoms with Crippen molar-refractivity contribution in [3.63, 3.8) is 0 Å². The summed E-state index contributed by atoms with van der Waals surface area (Å²) in [7, 11) is 1.53. The lowest BCUT2D eigenvalue weighted by Crippen LogP contribution is -2.28. The molecule has 0 saturated carbocycles. The SMILES string of the molecule is COc1cc(C)nc(NCC(CC(C)(C)C)C(=O)O)n1. The third kappa shape index (κ3) is 5.42. The fraction of sp³-hybridized carbons (Fsp3) is 0.643. The smallest absolute Gasteiger partial charge is 0.308 e. The van der Waals surface area contributed by atoms with E-state index in [-0.39, 0.29) is 5.41 Å². The minimum atomic E-state index is -0.813. The van der Waals surface area contributed by atoms with Crippen molar-refractivity contribution < 1.29 is 14.6 Å². The molecule has 0 aliphatic carbocycles. The summed E-state index contributed by atoms with van der Waals surface area (Å²) in [6, 6.07) is 1.72. The van der Waals surface area contributed by atoms with E-state index in [1.807, 2.05) is 27.7 Å². The number of anilines is 1. The summed E-state index contributed by atoms with van der Waals surface area (Å²) in [5, 5.41) is 12.2. The number of nitrogens with zero attached hydrogens (tertiary/aromatic N) is 2. The number of aromatic nitrogens is 2. The first-order chi connectivity index (χ1) is 9.21. The van der Waals surface area contributed by atoms with Crippen molar-refractivity contribution in [2.24, 2.45) is 11.3 Å². The molecule has 6 heteroatoms. The van der Waals surface area contributed by atoms with Crippen molar-refractivity contribution >= 4 is 11.9 Å². The van der Waals surface area contributed by atoms with Gasteiger partial charge in [-0.3, -0.25) is 4.79 Å². The minimum Gasteiger partial charge on any atom is -0.481 e. The number of aliphatic carboxylic acids is 1. The van der Waals surface area contributed by atoms with Crippen molar-refractivity contribution in [3.05, 3.63) is 11.8 Å². The van der Waals surface area contributed by atoms with Crippen LogP contribution in [0.4, 0.5) is 5.95 Å². The van der Waals surface area contributed by atoms with E-state index in [1.54, 1.807) is 6.07 Å². The Morgan fingerprint density at radius 3 is 2.60 bits per heavy atom. The van der Waals surface area contributed by atoms with Gasteiger partial charge in [-0.05, 0) is 18.8 Å². The van der Waals surface area contributed by atoms with Crippen molar-refractivity contribution in [1.29, 1.82) is 0 Å². The summed E-state index contributed by atoms with van der Waals surface area (Å²) in [5.74, 6) is -0.443. The number of rotatable bonds is 6. The third-order valence-corrected chi connectivity index (χ3v) is 2.75. The number of carboxylic acids is 1. The summed E-state index contributed by atoms with van der Waals surface area (Å²) in [5.41, 5.74) is 0.720. The molecule has 1 unspecified atom stereocenters. The predicted octanol–water partition coefficient (Wildman–Crippen LogP) is 2.34. The first kappa shape index (κ1) is 16.2. The van der Waals surface area contributed by atoms with Crippen LogP contribution in [0.25, 0.3) is 0 Å². The largest absolute Gasteiger partial charge is 0.481 e. The summed E-state index contributed by atoms with van der Waals surface area (Å²) >= 11 is 0. The van der Waals surface area contributed by atoms with Crippen molar-refractivity contribution in [1.82, 2.24) is 9.97 Å². The topological polar surface area (TPSA) is 84.3 Å². The Hall–Kier alpha value is -1.85. The summed E-state index contributed by atoms with van der Waals surface area (Å²) < 4.78 is 5.06. The van der Waals surface area contributed by atoms with E-state index in [4.69, 9.17) is 4.74 Å². The predicted molar refractivity (Wildman–Crippen MR) is 77.0 cm³/mol. The Kier molecular flexibility index (Phi) is 5.30. The Morgan fingerprint density at radius 2 is 2.10 bits per heavy atom. The number of carbonyl (C=O) groups is 1. The molecule has 112 valence electrons. The van der Waals surface area contributed by atoms with E-state index in [9.17, 15) is 9.90 Å². The second-order valence-electron chi connectivity index (χ2n) is 6.06. The van der Waals surface area contributed by atoms with Gasteiger partial charge in [0.25, 0.3) is 0 Å². The van der Waals surface area contributed by atoms with Crippen LogP contribution in [0.5, 0.6) is 5.88 Å². The number of carboxylic acid groups (broad SMARTS) is 1. The maximum atomic E-state index is 11.3. The van der Waals surface area contributed by atoms with Gasteiger partial charge in [-0.15, -0.1) is 0 Å². The molecule has 2 N–H and O–H groups in total. The van der Waals surface area contributed by atoms with E-state index in [0.29, 0.717) is 24.8 Å². The monoisotopic (exact) mass is 281 g/mol. The number of methoxy groups -OCH3 is 1. The molecule has 0 saturated heterocycles. The molecule has 0 aliphatic rings. The minimum absolute atomic E-state index is 0.0457. The molecule has 0 fully saturated rings. The Morgan fingerprint density at radius 1 is 1.45 bits per heavy atom. The highest BCUT2D eigenvalue weighted by molar-refractivity contribution is 5.70. The summed E-state index contributed by atoms with van der Waals surface area (Å²) in [6.45, 7) is 8.19. The molecule has 1 rings (SSSR count). The molecule has 6 nitrogen and oxygen atoms in total. The quantitative estimate of drug-likeness (QED) is 0.832. The van der Waals surface area contributed by atoms with Crippen LogP contribution in [-0.4, -0.2) is 34.7 Å². The van der Waals surface area contributed by atoms with E-state index < -0.39 is 11.9 Å². The van der Waals surface area contributed by atoms with Gasteiger partial charge in [-0.25, -0.2) is 4.98 Å². The maximum Gasteiger partial charge on any atom is 0.308 e. The van der Waals surface area contributed by atoms with E-state index in [2.05, 4.69) is 15.3 Å². The Labute approximate surface area is 119 Å². The molecule has 1 atom stereocenters. The number of ether oxygens (including phenoxy) is 1. The highest BCUT2D eigenvalue weighted by Gasteiger charge is 2.24. The van der Waals surface area contributed by atoms with Crippen LogP contribution >= 0.6 is 0 Å². The first-order valence-electron chi connectivity index (χ1n) is 6.57. The standard InChI is InChI=1S/C14H23N3O3/c1-9-6-11(20-5)17-13(16-9)15-8-10(12(18)19)7-14(2,3)4/h6,10H,7-8H2,1-5H3,(H,18,19)(H,15,16,17). The number of aryl methyl sites for hydroxylation is 1. The lowest BCUT2D eigenvalue weighted by molar-refractivity contribution is -0.142. The zero-order valence-corrected chi connectivity index (χ0v) is 12.7. The van der Waals surface area contributed by atoms with Crippen LogP contribution in [0.3, 0.4) is 0 Å². The molecule has 0 radical (unpaired) electrons. The average molecular weight is 281 g/mol. The highest BCUT2D eigenvalue weighted by atomic mass is 16.5. The zero-order chi connectivity index (χ0) is 15.3. The van der Waals surface area contributed by atoms with Crippen LogP contribution in [0.1, 0.15) is 32.9 Å². The van der Waals surface area contributed by atoms with Gasteiger partial charge in [0.2, 0.25) is 11.8 Å². The van der Waals surface area contributed by atoms with Gasteiger partial charge in [-0.1, -0.05) is 20.8 Å². The second-order valence-corrected chi connectivity index (χ2v) is 6.06. The average Bonchev–Trinajstić information content (AvgIpc) is 2.32. The highest BCUT2D eigenvalue weighted by Crippen LogP contribution is 2.25. The summed E-state index contributed by atoms with van der Waals surface area (Å²) in [6.07, 6.45) is 0.582. The molecule has 0 amide bonds. The zero-order valence-electron chi connectivity index (χ0n) is 12.7. The lowest BCUT2D eigenvalue weighted by Gasteiger charge is -2.23. The Bertz CT molecular complexity index is 469. The van der Waals surface area contributed by atoms with Gasteiger partial charge in [0.15, 0.2) is 0 Å². The van der Waals surface area contributed by atoms with Crippen LogP contribution in [0.15, 0.2) is 6.07 Å². The van der Waals surface area contributed by atoms with Crippen molar-refractivity contribution in [2.75, 3.05) is 19.0 Å². The van der Waals surface area contributed by atoms with E-state index in [0.717, 1.165) is 5.69 Å². The van der Waals surface area contributed by atoms with Crippen molar-refractivity contribution in [2.45, 2.75) is 34.1 Å². The van der Waals surface area contributed by atoms with Gasteiger partial charge >= 0.3 is 5.97 Å². The lowest BCUT2D eigenvalue weighted by atomic mass is 9.84. The van der Waals surface area contributed by atoms with Crippen molar-refractivity contribution in [3.8, 4) is 5.88 Å². The fourth-order valence-corrected chi connectivity index (χ4v) is 1.92. The number of hydrogen-bond acceptors (Lipinski definition) is 5. The maximum absolute atomic E-state index is 11.3. The molecular formula is C14H23N3O3. The third-order valence-electron chi connectivity index (χ3n) is 2.75. The van der Waals surface area contributed by atoms with Gasteiger partial charge in [-0.2, -0.15) is 4.98 Å². The van der Waals surface area contributed by atoms with Gasteiger partial charge < -0.3 is 15.2 Å². The van der Waals surface area contributed by atoms with Gasteiger partial charge in [0.1, 0.15) is 0 Å². The molecule has 0 aliphatic heterocycles. The van der Waals surface area contributed by atoms with E-state index in [1.165, 1.54) is 7.11 Å². The molecule has 0 bridgehead atoms. The van der Waals surface area contributed by atoms with Gasteiger partial charge in [0, 0.05) is 18.3 Å². The molecule has 1 heterocycles. The van der Waals surface area contributed by atoms with Gasteiger partial charge in [0.05, 0.1) is 13.0 Å². The molecule has 0 spiro atoms. The first-order valence-corrected chi connectivity index (χ1v) is 6.57. The molecule has 20 heavy (non-hydrogen) atoms. The van der Waals surface area contributed by atoms with Crippen LogP contribution in [0.2, 0.25) is 0 Å².